The molecule has 0 aromatic heterocycles. The lowest BCUT2D eigenvalue weighted by Gasteiger charge is -2.20. The number of amides is 3. The first-order valence-electron chi connectivity index (χ1n) is 11.2. The Morgan fingerprint density at radius 1 is 0.889 bits per heavy atom. The van der Waals surface area contributed by atoms with Gasteiger partial charge in [-0.1, -0.05) is 48.5 Å². The zero-order valence-electron chi connectivity index (χ0n) is 19.6. The molecule has 0 saturated carbocycles. The number of nitrogens with zero attached hydrogens (tertiary/aromatic N) is 1. The van der Waals surface area contributed by atoms with Crippen LogP contribution in [-0.2, 0) is 19.1 Å². The molecule has 0 radical (unpaired) electrons. The number of esters is 1. The lowest BCUT2D eigenvalue weighted by atomic mass is 10.0. The zero-order valence-corrected chi connectivity index (χ0v) is 19.6. The van der Waals surface area contributed by atoms with Gasteiger partial charge in [0, 0.05) is 18.3 Å². The van der Waals surface area contributed by atoms with Crippen LogP contribution in [0.1, 0.15) is 28.4 Å². The van der Waals surface area contributed by atoms with Crippen LogP contribution in [0.15, 0.2) is 84.9 Å². The van der Waals surface area contributed by atoms with Gasteiger partial charge in [0.15, 0.2) is 6.61 Å². The summed E-state index contributed by atoms with van der Waals surface area (Å²) in [6.45, 7) is -0.846. The highest BCUT2D eigenvalue weighted by Crippen LogP contribution is 2.18. The van der Waals surface area contributed by atoms with E-state index in [1.165, 1.54) is 31.3 Å². The van der Waals surface area contributed by atoms with Crippen LogP contribution in [0.5, 0.6) is 0 Å². The Bertz CT molecular complexity index is 1190. The first kappa shape index (κ1) is 26.1. The Labute approximate surface area is 208 Å². The zero-order chi connectivity index (χ0) is 25.9. The predicted octanol–water partition coefficient (Wildman–Crippen LogP) is 3.33. The Kier molecular flexibility index (Phi) is 9.27. The van der Waals surface area contributed by atoms with Gasteiger partial charge in [-0.25, -0.2) is 4.39 Å². The molecule has 0 saturated heterocycles. The van der Waals surface area contributed by atoms with E-state index in [1.807, 2.05) is 6.07 Å². The number of halogens is 1. The molecule has 3 rings (SSSR count). The molecule has 1 unspecified atom stereocenters. The summed E-state index contributed by atoms with van der Waals surface area (Å²) in [7, 11) is 1.40. The van der Waals surface area contributed by atoms with Crippen molar-refractivity contribution in [1.29, 1.82) is 0 Å². The minimum Gasteiger partial charge on any atom is -0.455 e. The van der Waals surface area contributed by atoms with Gasteiger partial charge in [-0.3, -0.25) is 19.2 Å². The maximum absolute atomic E-state index is 13.0. The topological polar surface area (TPSA) is 105 Å². The van der Waals surface area contributed by atoms with E-state index in [-0.39, 0.29) is 18.9 Å². The van der Waals surface area contributed by atoms with Crippen molar-refractivity contribution in [1.82, 2.24) is 10.2 Å². The fourth-order valence-corrected chi connectivity index (χ4v) is 3.28. The van der Waals surface area contributed by atoms with Crippen LogP contribution in [0.2, 0.25) is 0 Å². The van der Waals surface area contributed by atoms with Gasteiger partial charge in [-0.05, 0) is 42.0 Å². The molecule has 0 heterocycles. The van der Waals surface area contributed by atoms with Crippen LogP contribution >= 0.6 is 0 Å². The molecule has 0 spiro atoms. The Balaban J connectivity index is 1.51. The summed E-state index contributed by atoms with van der Waals surface area (Å²) in [5.74, 6) is -2.54. The van der Waals surface area contributed by atoms with Crippen molar-refractivity contribution in [2.24, 2.45) is 0 Å². The molecule has 9 heteroatoms. The van der Waals surface area contributed by atoms with E-state index in [0.717, 1.165) is 4.90 Å². The molecule has 36 heavy (non-hydrogen) atoms. The molecule has 3 amide bonds. The quantitative estimate of drug-likeness (QED) is 0.424. The predicted molar refractivity (Wildman–Crippen MR) is 131 cm³/mol. The van der Waals surface area contributed by atoms with E-state index in [1.54, 1.807) is 54.6 Å². The second-order valence-corrected chi connectivity index (χ2v) is 7.97. The highest BCUT2D eigenvalue weighted by molar-refractivity contribution is 5.95. The lowest BCUT2D eigenvalue weighted by molar-refractivity contribution is -0.152. The van der Waals surface area contributed by atoms with E-state index in [9.17, 15) is 23.6 Å². The standard InChI is InChI=1S/C27H26FN3O5/c1-31(17-24(32)29-22-14-12-21(28)13-15-22)25(33)18-36-26(34)16-23(19-8-4-2-5-9-19)30-27(35)20-10-6-3-7-11-20/h2-15,23H,16-18H2,1H3,(H,29,32)(H,30,35). The Morgan fingerprint density at radius 3 is 2.14 bits per heavy atom. The number of likely N-dealkylation sites (N-methyl/N-ethyl adjacent to an activating group) is 1. The van der Waals surface area contributed by atoms with Gasteiger partial charge in [-0.2, -0.15) is 0 Å². The van der Waals surface area contributed by atoms with Crippen molar-refractivity contribution in [3.05, 3.63) is 102 Å². The third-order valence-electron chi connectivity index (χ3n) is 5.21. The van der Waals surface area contributed by atoms with Gasteiger partial charge < -0.3 is 20.3 Å². The molecule has 2 N–H and O–H groups in total. The molecule has 0 aliphatic rings. The van der Waals surface area contributed by atoms with Gasteiger partial charge in [0.25, 0.3) is 11.8 Å². The van der Waals surface area contributed by atoms with E-state index < -0.39 is 36.2 Å². The number of rotatable bonds is 10. The van der Waals surface area contributed by atoms with Crippen molar-refractivity contribution in [2.75, 3.05) is 25.5 Å². The summed E-state index contributed by atoms with van der Waals surface area (Å²) in [5, 5.41) is 5.38. The lowest BCUT2D eigenvalue weighted by Crippen LogP contribution is -2.37. The smallest absolute Gasteiger partial charge is 0.308 e. The number of ether oxygens (including phenoxy) is 1. The number of carbonyl (C=O) groups is 4. The maximum Gasteiger partial charge on any atom is 0.308 e. The largest absolute Gasteiger partial charge is 0.455 e. The molecule has 3 aromatic carbocycles. The van der Waals surface area contributed by atoms with Gasteiger partial charge in [0.05, 0.1) is 19.0 Å². The molecule has 1 atom stereocenters. The minimum atomic E-state index is -0.685. The highest BCUT2D eigenvalue weighted by atomic mass is 19.1. The van der Waals surface area contributed by atoms with Crippen LogP contribution < -0.4 is 10.6 Å². The number of hydrogen-bond acceptors (Lipinski definition) is 5. The third kappa shape index (κ3) is 8.05. The highest BCUT2D eigenvalue weighted by Gasteiger charge is 2.21. The third-order valence-corrected chi connectivity index (χ3v) is 5.21. The van der Waals surface area contributed by atoms with Crippen LogP contribution in [0.4, 0.5) is 10.1 Å². The molecule has 0 aliphatic heterocycles. The van der Waals surface area contributed by atoms with E-state index >= 15 is 0 Å². The van der Waals surface area contributed by atoms with Crippen LogP contribution in [-0.4, -0.2) is 48.8 Å². The first-order valence-corrected chi connectivity index (χ1v) is 11.2. The summed E-state index contributed by atoms with van der Waals surface area (Å²) in [6.07, 6.45) is -0.190. The maximum atomic E-state index is 13.0. The molecule has 186 valence electrons. The number of nitrogens with one attached hydrogen (secondary N) is 2. The van der Waals surface area contributed by atoms with Crippen molar-refractivity contribution in [3.63, 3.8) is 0 Å². The average molecular weight is 492 g/mol. The summed E-state index contributed by atoms with van der Waals surface area (Å²) in [4.78, 5) is 50.7. The minimum absolute atomic E-state index is 0.190. The van der Waals surface area contributed by atoms with E-state index in [4.69, 9.17) is 4.74 Å². The fraction of sp³-hybridized carbons (Fsp3) is 0.185. The summed E-state index contributed by atoms with van der Waals surface area (Å²) in [5.41, 5.74) is 1.54. The van der Waals surface area contributed by atoms with Crippen molar-refractivity contribution in [2.45, 2.75) is 12.5 Å². The first-order chi connectivity index (χ1) is 17.3. The summed E-state index contributed by atoms with van der Waals surface area (Å²) >= 11 is 0. The number of carbonyl (C=O) groups excluding carboxylic acids is 4. The van der Waals surface area contributed by atoms with E-state index in [2.05, 4.69) is 10.6 Å². The number of benzene rings is 3. The van der Waals surface area contributed by atoms with Crippen molar-refractivity contribution >= 4 is 29.4 Å². The second-order valence-electron chi connectivity index (χ2n) is 7.97. The Hall–Kier alpha value is -4.53. The number of anilines is 1. The van der Waals surface area contributed by atoms with E-state index in [0.29, 0.717) is 16.8 Å². The Morgan fingerprint density at radius 2 is 1.50 bits per heavy atom. The molecule has 3 aromatic rings. The van der Waals surface area contributed by atoms with Gasteiger partial charge in [0.1, 0.15) is 5.82 Å². The van der Waals surface area contributed by atoms with Gasteiger partial charge in [-0.15, -0.1) is 0 Å². The number of hydrogen-bond donors (Lipinski definition) is 2. The van der Waals surface area contributed by atoms with Crippen LogP contribution in [0.25, 0.3) is 0 Å². The molecular weight excluding hydrogens is 465 g/mol. The van der Waals surface area contributed by atoms with Crippen molar-refractivity contribution < 1.29 is 28.3 Å². The van der Waals surface area contributed by atoms with Crippen molar-refractivity contribution in [3.8, 4) is 0 Å². The summed E-state index contributed by atoms with van der Waals surface area (Å²) in [6, 6.07) is 22.1. The van der Waals surface area contributed by atoms with Gasteiger partial charge >= 0.3 is 5.97 Å². The molecular formula is C27H26FN3O5. The molecule has 0 aliphatic carbocycles. The molecule has 0 fully saturated rings. The fourth-order valence-electron chi connectivity index (χ4n) is 3.28. The van der Waals surface area contributed by atoms with Gasteiger partial charge in [0.2, 0.25) is 5.91 Å². The summed E-state index contributed by atoms with van der Waals surface area (Å²) < 4.78 is 18.1. The average Bonchev–Trinajstić information content (AvgIpc) is 2.89. The van der Waals surface area contributed by atoms with Crippen LogP contribution in [0.3, 0.4) is 0 Å². The SMILES string of the molecule is CN(CC(=O)Nc1ccc(F)cc1)C(=O)COC(=O)CC(NC(=O)c1ccccc1)c1ccccc1. The monoisotopic (exact) mass is 491 g/mol. The molecule has 0 bridgehead atoms. The second kappa shape index (κ2) is 12.8. The van der Waals surface area contributed by atoms with Crippen LogP contribution in [0, 0.1) is 5.82 Å². The normalized spacial score (nSPS) is 11.2. The molecule has 8 nitrogen and oxygen atoms in total.